The number of aromatic hydroxyl groups is 1. The zero-order chi connectivity index (χ0) is 26.8. The van der Waals surface area contributed by atoms with Crippen molar-refractivity contribution in [3.8, 4) is 5.75 Å². The molecule has 0 fully saturated rings. The van der Waals surface area contributed by atoms with Gasteiger partial charge in [0.05, 0.1) is 11.5 Å². The van der Waals surface area contributed by atoms with E-state index in [2.05, 4.69) is 19.6 Å². The van der Waals surface area contributed by atoms with Crippen LogP contribution in [0.1, 0.15) is 61.0 Å². The maximum absolute atomic E-state index is 14.0. The van der Waals surface area contributed by atoms with Gasteiger partial charge in [-0.15, -0.1) is 0 Å². The molecule has 0 saturated heterocycles. The predicted molar refractivity (Wildman–Crippen MR) is 140 cm³/mol. The number of hydrogen-bond acceptors (Lipinski definition) is 6. The number of primary amides is 1. The van der Waals surface area contributed by atoms with Crippen molar-refractivity contribution < 1.29 is 29.7 Å². The van der Waals surface area contributed by atoms with Crippen molar-refractivity contribution >= 4 is 25.5 Å². The molecule has 3 atom stereocenters. The third kappa shape index (κ3) is 3.81. The van der Waals surface area contributed by atoms with Gasteiger partial charge in [-0.2, -0.15) is 0 Å². The Hall–Kier alpha value is -2.87. The van der Waals surface area contributed by atoms with Crippen molar-refractivity contribution in [1.29, 1.82) is 0 Å². The Labute approximate surface area is 213 Å². The van der Waals surface area contributed by atoms with Crippen molar-refractivity contribution in [2.75, 3.05) is 0 Å². The summed E-state index contributed by atoms with van der Waals surface area (Å²) in [6, 6.07) is 4.48. The number of benzene rings is 1. The lowest BCUT2D eigenvalue weighted by molar-refractivity contribution is -0.130. The molecule has 3 aliphatic carbocycles. The van der Waals surface area contributed by atoms with Crippen LogP contribution < -0.4 is 5.73 Å². The van der Waals surface area contributed by atoms with Crippen LogP contribution in [0.4, 0.5) is 0 Å². The lowest BCUT2D eigenvalue weighted by Gasteiger charge is -2.54. The molecule has 1 aromatic rings. The third-order valence-electron chi connectivity index (χ3n) is 8.81. The summed E-state index contributed by atoms with van der Waals surface area (Å²) in [5.41, 5.74) is 5.51. The highest BCUT2D eigenvalue weighted by Gasteiger charge is 2.61. The number of rotatable bonds is 6. The van der Waals surface area contributed by atoms with E-state index < -0.39 is 47.9 Å². The fraction of sp³-hybridized carbons (Fsp3) is 0.536. The van der Waals surface area contributed by atoms with E-state index in [-0.39, 0.29) is 34.8 Å². The molecule has 8 heteroatoms. The molecular formula is C28H37NO6Si. The van der Waals surface area contributed by atoms with E-state index >= 15 is 0 Å². The molecule has 36 heavy (non-hydrogen) atoms. The second-order valence-electron chi connectivity index (χ2n) is 12.1. The second-order valence-corrected chi connectivity index (χ2v) is 17.7. The average molecular weight is 512 g/mol. The number of ketones is 2. The Kier molecular flexibility index (Phi) is 6.27. The Morgan fingerprint density at radius 2 is 1.75 bits per heavy atom. The number of aryl methyl sites for hydroxylation is 1. The molecule has 0 aliphatic heterocycles. The molecule has 0 saturated carbocycles. The van der Waals surface area contributed by atoms with Gasteiger partial charge in [-0.1, -0.05) is 45.6 Å². The molecule has 3 aliphatic rings. The molecule has 1 aromatic carbocycles. The first-order valence-corrected chi connectivity index (χ1v) is 16.5. The first-order chi connectivity index (χ1) is 16.7. The molecule has 0 bridgehead atoms. The summed E-state index contributed by atoms with van der Waals surface area (Å²) in [6.45, 7) is 10.8. The maximum atomic E-state index is 14.0. The highest BCUT2D eigenvalue weighted by molar-refractivity contribution is 6.76. The van der Waals surface area contributed by atoms with Crippen LogP contribution >= 0.6 is 0 Å². The van der Waals surface area contributed by atoms with E-state index in [0.29, 0.717) is 25.7 Å². The summed E-state index contributed by atoms with van der Waals surface area (Å²) >= 11 is 0. The zero-order valence-corrected chi connectivity index (χ0v) is 22.8. The smallest absolute Gasteiger partial charge is 0.255 e. The molecule has 7 nitrogen and oxygen atoms in total. The van der Waals surface area contributed by atoms with Crippen LogP contribution in [0.15, 0.2) is 34.8 Å². The molecule has 5 N–H and O–H groups in total. The van der Waals surface area contributed by atoms with Gasteiger partial charge in [-0.25, -0.2) is 0 Å². The molecule has 1 unspecified atom stereocenters. The number of hydrogen-bond donors (Lipinski definition) is 4. The van der Waals surface area contributed by atoms with Crippen LogP contribution in [0.3, 0.4) is 0 Å². The van der Waals surface area contributed by atoms with Crippen molar-refractivity contribution in [3.05, 3.63) is 51.5 Å². The van der Waals surface area contributed by atoms with Gasteiger partial charge in [0.25, 0.3) is 5.91 Å². The maximum Gasteiger partial charge on any atom is 0.255 e. The van der Waals surface area contributed by atoms with E-state index in [1.165, 1.54) is 0 Å². The van der Waals surface area contributed by atoms with Gasteiger partial charge in [0.1, 0.15) is 22.8 Å². The van der Waals surface area contributed by atoms with Gasteiger partial charge in [0, 0.05) is 25.5 Å². The summed E-state index contributed by atoms with van der Waals surface area (Å²) in [6.07, 6.45) is 2.68. The van der Waals surface area contributed by atoms with Crippen LogP contribution in [-0.4, -0.2) is 40.9 Å². The van der Waals surface area contributed by atoms with Crippen molar-refractivity contribution in [2.45, 2.75) is 78.1 Å². The quantitative estimate of drug-likeness (QED) is 0.316. The number of fused-ring (bicyclic) bond motifs is 3. The SMILES string of the molecule is CC[C@@]12Cc3c(CC[Si](C)(C)C)ccc(O)c3C(=O)C1=C(O)C1C(=O)C(C(N)=O)=C(O)C[C@]1(CC)C2. The first kappa shape index (κ1) is 26.2. The van der Waals surface area contributed by atoms with Crippen LogP contribution in [0.25, 0.3) is 0 Å². The number of aliphatic hydroxyl groups excluding tert-OH is 2. The third-order valence-corrected chi connectivity index (χ3v) is 10.6. The number of aliphatic hydroxyl groups is 2. The van der Waals surface area contributed by atoms with E-state index in [1.807, 2.05) is 19.9 Å². The number of Topliss-reactive ketones (excluding diaryl/α,β-unsaturated/α-hetero) is 2. The topological polar surface area (TPSA) is 138 Å². The first-order valence-electron chi connectivity index (χ1n) is 12.8. The molecule has 0 heterocycles. The lowest BCUT2D eigenvalue weighted by atomic mass is 9.48. The van der Waals surface area contributed by atoms with Crippen LogP contribution in [0.5, 0.6) is 5.75 Å². The predicted octanol–water partition coefficient (Wildman–Crippen LogP) is 4.91. The van der Waals surface area contributed by atoms with Crippen molar-refractivity contribution in [3.63, 3.8) is 0 Å². The molecule has 4 rings (SSSR count). The lowest BCUT2D eigenvalue weighted by Crippen LogP contribution is -2.54. The number of carbonyl (C=O) groups is 3. The second kappa shape index (κ2) is 8.61. The average Bonchev–Trinajstić information content (AvgIpc) is 2.76. The number of phenols is 1. The Morgan fingerprint density at radius 1 is 1.08 bits per heavy atom. The monoisotopic (exact) mass is 511 g/mol. The molecule has 0 aromatic heterocycles. The molecule has 1 amide bonds. The Balaban J connectivity index is 1.94. The summed E-state index contributed by atoms with van der Waals surface area (Å²) < 4.78 is 0. The summed E-state index contributed by atoms with van der Waals surface area (Å²) in [5.74, 6) is -4.20. The Bertz CT molecular complexity index is 1240. The van der Waals surface area contributed by atoms with Gasteiger partial charge < -0.3 is 21.1 Å². The van der Waals surface area contributed by atoms with Gasteiger partial charge in [0.2, 0.25) is 0 Å². The van der Waals surface area contributed by atoms with E-state index in [9.17, 15) is 29.7 Å². The summed E-state index contributed by atoms with van der Waals surface area (Å²) in [4.78, 5) is 39.4. The van der Waals surface area contributed by atoms with Crippen molar-refractivity contribution in [1.82, 2.24) is 0 Å². The summed E-state index contributed by atoms with van der Waals surface area (Å²) in [7, 11) is -1.37. The normalized spacial score (nSPS) is 28.1. The summed E-state index contributed by atoms with van der Waals surface area (Å²) in [5, 5.41) is 33.1. The number of carbonyl (C=O) groups excluding carboxylic acids is 3. The minimum absolute atomic E-state index is 0.0286. The fourth-order valence-corrected chi connectivity index (χ4v) is 7.86. The van der Waals surface area contributed by atoms with E-state index in [0.717, 1.165) is 23.6 Å². The fourth-order valence-electron chi connectivity index (χ4n) is 6.84. The van der Waals surface area contributed by atoms with Crippen LogP contribution in [0, 0.1) is 16.7 Å². The zero-order valence-electron chi connectivity index (χ0n) is 21.8. The molecule has 194 valence electrons. The standard InChI is InChI=1S/C28H37NO6Si/c1-6-27-12-16-15(10-11-36(3,4)5)8-9-17(30)19(16)23(32)21(27)25(34)22-24(33)20(26(29)35)18(31)13-28(22,7-2)14-27/h8-9,22,30-31,34H,6-7,10-14H2,1-5H3,(H2,29,35)/t22?,27-,28+/m0/s1. The molecule has 0 radical (unpaired) electrons. The molecular weight excluding hydrogens is 474 g/mol. The van der Waals surface area contributed by atoms with Crippen molar-refractivity contribution in [2.24, 2.45) is 22.5 Å². The van der Waals surface area contributed by atoms with Crippen LogP contribution in [-0.2, 0) is 22.4 Å². The Morgan fingerprint density at radius 3 is 2.31 bits per heavy atom. The van der Waals surface area contributed by atoms with E-state index in [1.54, 1.807) is 6.07 Å². The van der Waals surface area contributed by atoms with E-state index in [4.69, 9.17) is 5.73 Å². The van der Waals surface area contributed by atoms with Gasteiger partial charge in [0.15, 0.2) is 11.6 Å². The number of phenolic OH excluding ortho intramolecular Hbond substituents is 1. The highest BCUT2D eigenvalue weighted by atomic mass is 28.3. The minimum atomic E-state index is -1.37. The number of allylic oxidation sites excluding steroid dienone is 3. The van der Waals surface area contributed by atoms with Gasteiger partial charge >= 0.3 is 0 Å². The molecule has 0 spiro atoms. The largest absolute Gasteiger partial charge is 0.511 e. The van der Waals surface area contributed by atoms with Gasteiger partial charge in [-0.05, 0) is 54.7 Å². The highest BCUT2D eigenvalue weighted by Crippen LogP contribution is 2.63. The minimum Gasteiger partial charge on any atom is -0.511 e. The number of amides is 1. The van der Waals surface area contributed by atoms with Crippen LogP contribution in [0.2, 0.25) is 25.7 Å². The van der Waals surface area contributed by atoms with Gasteiger partial charge in [-0.3, -0.25) is 14.4 Å². The number of nitrogens with two attached hydrogens (primary N) is 1.